The Balaban J connectivity index is 2.34. The summed E-state index contributed by atoms with van der Waals surface area (Å²) in [7, 11) is 0. The van der Waals surface area contributed by atoms with E-state index in [2.05, 4.69) is 20.9 Å². The van der Waals surface area contributed by atoms with Crippen LogP contribution < -0.4 is 10.6 Å². The van der Waals surface area contributed by atoms with Crippen LogP contribution in [-0.2, 0) is 11.3 Å². The van der Waals surface area contributed by atoms with Crippen molar-refractivity contribution in [2.45, 2.75) is 32.9 Å². The predicted molar refractivity (Wildman–Crippen MR) is 67.4 cm³/mol. The van der Waals surface area contributed by atoms with Gasteiger partial charge in [-0.1, -0.05) is 25.5 Å². The van der Waals surface area contributed by atoms with Gasteiger partial charge in [0.25, 0.3) is 0 Å². The second-order valence-corrected chi connectivity index (χ2v) is 4.27. The molecule has 1 aromatic rings. The number of urea groups is 1. The number of hydrogen-bond donors (Lipinski definition) is 3. The maximum Gasteiger partial charge on any atom is 0.326 e. The van der Waals surface area contributed by atoms with Crippen molar-refractivity contribution in [3.05, 3.63) is 12.4 Å². The Morgan fingerprint density at radius 2 is 2.21 bits per heavy atom. The minimum atomic E-state index is -1.03. The molecule has 106 valence electrons. The number of aliphatic carboxylic acids is 1. The van der Waals surface area contributed by atoms with Crippen LogP contribution in [0.2, 0.25) is 0 Å². The zero-order valence-electron chi connectivity index (χ0n) is 11.0. The molecule has 0 saturated carbocycles. The smallest absolute Gasteiger partial charge is 0.326 e. The number of rotatable bonds is 7. The number of carbonyl (C=O) groups is 2. The standard InChI is InChI=1S/C11H19N5O3/c1-3-8(2)9(10(17)18)14-11(19)12-4-6-16-7-5-13-15-16/h5,7-9H,3-4,6H2,1-2H3,(H,17,18)(H2,12,14,19). The third-order valence-corrected chi connectivity index (χ3v) is 2.86. The Bertz CT molecular complexity index is 406. The van der Waals surface area contributed by atoms with Gasteiger partial charge in [-0.25, -0.2) is 9.59 Å². The van der Waals surface area contributed by atoms with E-state index in [4.69, 9.17) is 5.11 Å². The highest BCUT2D eigenvalue weighted by molar-refractivity contribution is 5.82. The summed E-state index contributed by atoms with van der Waals surface area (Å²) in [4.78, 5) is 22.6. The number of aromatic nitrogens is 3. The van der Waals surface area contributed by atoms with E-state index in [-0.39, 0.29) is 5.92 Å². The average molecular weight is 269 g/mol. The molecule has 0 fully saturated rings. The van der Waals surface area contributed by atoms with Gasteiger partial charge in [0.2, 0.25) is 0 Å². The molecule has 0 radical (unpaired) electrons. The van der Waals surface area contributed by atoms with E-state index >= 15 is 0 Å². The minimum Gasteiger partial charge on any atom is -0.480 e. The molecule has 8 nitrogen and oxygen atoms in total. The summed E-state index contributed by atoms with van der Waals surface area (Å²) in [5.41, 5.74) is 0. The fourth-order valence-electron chi connectivity index (χ4n) is 1.51. The molecular formula is C11H19N5O3. The van der Waals surface area contributed by atoms with E-state index < -0.39 is 18.0 Å². The highest BCUT2D eigenvalue weighted by Gasteiger charge is 2.24. The van der Waals surface area contributed by atoms with Gasteiger partial charge in [0.05, 0.1) is 12.7 Å². The lowest BCUT2D eigenvalue weighted by atomic mass is 9.99. The first kappa shape index (κ1) is 14.9. The van der Waals surface area contributed by atoms with E-state index in [1.807, 2.05) is 6.92 Å². The van der Waals surface area contributed by atoms with Gasteiger partial charge in [0.15, 0.2) is 0 Å². The van der Waals surface area contributed by atoms with Crippen molar-refractivity contribution in [2.75, 3.05) is 6.54 Å². The third kappa shape index (κ3) is 4.94. The molecule has 0 aromatic carbocycles. The van der Waals surface area contributed by atoms with E-state index in [1.165, 1.54) is 0 Å². The molecule has 0 aliphatic carbocycles. The van der Waals surface area contributed by atoms with E-state index in [1.54, 1.807) is 24.0 Å². The normalized spacial score (nSPS) is 13.6. The molecule has 2 unspecified atom stereocenters. The molecule has 2 atom stereocenters. The van der Waals surface area contributed by atoms with Crippen molar-refractivity contribution in [2.24, 2.45) is 5.92 Å². The first-order valence-corrected chi connectivity index (χ1v) is 6.15. The monoisotopic (exact) mass is 269 g/mol. The lowest BCUT2D eigenvalue weighted by Crippen LogP contribution is -2.49. The zero-order chi connectivity index (χ0) is 14.3. The molecule has 1 rings (SSSR count). The number of carboxylic acid groups (broad SMARTS) is 1. The number of hydrogen-bond acceptors (Lipinski definition) is 4. The number of amides is 2. The number of nitrogens with zero attached hydrogens (tertiary/aromatic N) is 3. The Hall–Kier alpha value is -2.12. The van der Waals surface area contributed by atoms with Crippen LogP contribution >= 0.6 is 0 Å². The average Bonchev–Trinajstić information content (AvgIpc) is 2.87. The molecule has 1 aromatic heterocycles. The van der Waals surface area contributed by atoms with Crippen molar-refractivity contribution in [1.29, 1.82) is 0 Å². The van der Waals surface area contributed by atoms with Crippen LogP contribution in [0.15, 0.2) is 12.4 Å². The molecule has 1 heterocycles. The van der Waals surface area contributed by atoms with Gasteiger partial charge < -0.3 is 15.7 Å². The second-order valence-electron chi connectivity index (χ2n) is 4.27. The molecule has 0 bridgehead atoms. The Morgan fingerprint density at radius 1 is 1.47 bits per heavy atom. The summed E-state index contributed by atoms with van der Waals surface area (Å²) < 4.78 is 1.57. The van der Waals surface area contributed by atoms with Gasteiger partial charge in [-0.05, 0) is 5.92 Å². The van der Waals surface area contributed by atoms with Gasteiger partial charge >= 0.3 is 12.0 Å². The third-order valence-electron chi connectivity index (χ3n) is 2.86. The Labute approximate surface area is 111 Å². The van der Waals surface area contributed by atoms with Crippen molar-refractivity contribution < 1.29 is 14.7 Å². The van der Waals surface area contributed by atoms with Crippen LogP contribution in [0.3, 0.4) is 0 Å². The summed E-state index contributed by atoms with van der Waals surface area (Å²) in [5, 5.41) is 21.4. The highest BCUT2D eigenvalue weighted by Crippen LogP contribution is 2.07. The van der Waals surface area contributed by atoms with Gasteiger partial charge in [0.1, 0.15) is 6.04 Å². The number of carboxylic acids is 1. The van der Waals surface area contributed by atoms with E-state index in [0.29, 0.717) is 19.5 Å². The Kier molecular flexibility index (Phi) is 5.77. The summed E-state index contributed by atoms with van der Waals surface area (Å²) in [6.45, 7) is 4.50. The van der Waals surface area contributed by atoms with Crippen LogP contribution in [0, 0.1) is 5.92 Å². The van der Waals surface area contributed by atoms with E-state index in [9.17, 15) is 9.59 Å². The molecule has 2 amide bonds. The maximum absolute atomic E-state index is 11.6. The molecule has 0 spiro atoms. The minimum absolute atomic E-state index is 0.126. The summed E-state index contributed by atoms with van der Waals surface area (Å²) >= 11 is 0. The van der Waals surface area contributed by atoms with Gasteiger partial charge in [-0.15, -0.1) is 5.10 Å². The van der Waals surface area contributed by atoms with E-state index in [0.717, 1.165) is 0 Å². The van der Waals surface area contributed by atoms with Crippen molar-refractivity contribution >= 4 is 12.0 Å². The number of carbonyl (C=O) groups excluding carboxylic acids is 1. The Morgan fingerprint density at radius 3 is 2.74 bits per heavy atom. The first-order chi connectivity index (χ1) is 9.04. The van der Waals surface area contributed by atoms with Gasteiger partial charge in [-0.3, -0.25) is 4.68 Å². The molecule has 3 N–H and O–H groups in total. The zero-order valence-corrected chi connectivity index (χ0v) is 11.0. The quantitative estimate of drug-likeness (QED) is 0.649. The van der Waals surface area contributed by atoms with Crippen molar-refractivity contribution in [3.63, 3.8) is 0 Å². The summed E-state index contributed by atoms with van der Waals surface area (Å²) in [6, 6.07) is -1.37. The van der Waals surface area contributed by atoms with Crippen LogP contribution in [0.4, 0.5) is 4.79 Å². The van der Waals surface area contributed by atoms with Crippen molar-refractivity contribution in [3.8, 4) is 0 Å². The molecule has 0 saturated heterocycles. The summed E-state index contributed by atoms with van der Waals surface area (Å²) in [5.74, 6) is -1.15. The first-order valence-electron chi connectivity index (χ1n) is 6.15. The van der Waals surface area contributed by atoms with Gasteiger partial charge in [-0.2, -0.15) is 0 Å². The predicted octanol–water partition coefficient (Wildman–Crippen LogP) is 0.0766. The van der Waals surface area contributed by atoms with Crippen LogP contribution in [-0.4, -0.2) is 44.7 Å². The topological polar surface area (TPSA) is 109 Å². The fourth-order valence-corrected chi connectivity index (χ4v) is 1.51. The molecule has 0 aliphatic heterocycles. The fraction of sp³-hybridized carbons (Fsp3) is 0.636. The molecule has 19 heavy (non-hydrogen) atoms. The van der Waals surface area contributed by atoms with Crippen molar-refractivity contribution in [1.82, 2.24) is 25.6 Å². The molecular weight excluding hydrogens is 250 g/mol. The van der Waals surface area contributed by atoms with Gasteiger partial charge in [0, 0.05) is 12.7 Å². The lowest BCUT2D eigenvalue weighted by molar-refractivity contribution is -0.140. The molecule has 0 aliphatic rings. The maximum atomic E-state index is 11.6. The SMILES string of the molecule is CCC(C)C(NC(=O)NCCn1ccnn1)C(=O)O. The van der Waals surface area contributed by atoms with Crippen LogP contribution in [0.5, 0.6) is 0 Å². The number of nitrogens with one attached hydrogen (secondary N) is 2. The largest absolute Gasteiger partial charge is 0.480 e. The summed E-state index contributed by atoms with van der Waals surface area (Å²) in [6.07, 6.45) is 3.90. The molecule has 8 heteroatoms. The van der Waals surface area contributed by atoms with Crippen LogP contribution in [0.1, 0.15) is 20.3 Å². The second kappa shape index (κ2) is 7.34. The highest BCUT2D eigenvalue weighted by atomic mass is 16.4. The lowest BCUT2D eigenvalue weighted by Gasteiger charge is -2.20. The van der Waals surface area contributed by atoms with Crippen LogP contribution in [0.25, 0.3) is 0 Å².